The molecule has 0 spiro atoms. The molecule has 110 valence electrons. The molecule has 0 radical (unpaired) electrons. The van der Waals surface area contributed by atoms with Crippen molar-refractivity contribution in [2.45, 2.75) is 45.6 Å². The van der Waals surface area contributed by atoms with E-state index >= 15 is 0 Å². The van der Waals surface area contributed by atoms with E-state index in [2.05, 4.69) is 48.2 Å². The Morgan fingerprint density at radius 2 is 2.10 bits per heavy atom. The Kier molecular flexibility index (Phi) is 3.86. The zero-order valence-corrected chi connectivity index (χ0v) is 12.6. The lowest BCUT2D eigenvalue weighted by Gasteiger charge is -2.23. The standard InChI is InChI=1S/C17H21N3O/c1-12(2)20-17(18-11-19-20)10-16(21)15-8-7-13-5-3-4-6-14(13)9-15/h3-6,11-12,15H,7-10H2,1-2H3. The second kappa shape index (κ2) is 5.80. The molecule has 1 aromatic carbocycles. The van der Waals surface area contributed by atoms with Crippen molar-refractivity contribution >= 4 is 5.78 Å². The van der Waals surface area contributed by atoms with Crippen LogP contribution in [-0.2, 0) is 24.1 Å². The first-order valence-electron chi connectivity index (χ1n) is 7.63. The van der Waals surface area contributed by atoms with Gasteiger partial charge in [-0.1, -0.05) is 24.3 Å². The third-order valence-corrected chi connectivity index (χ3v) is 4.27. The van der Waals surface area contributed by atoms with Gasteiger partial charge in [0.1, 0.15) is 17.9 Å². The average molecular weight is 283 g/mol. The third kappa shape index (κ3) is 2.89. The number of aryl methyl sites for hydroxylation is 1. The van der Waals surface area contributed by atoms with Crippen molar-refractivity contribution in [3.8, 4) is 0 Å². The number of aromatic nitrogens is 3. The summed E-state index contributed by atoms with van der Waals surface area (Å²) in [7, 11) is 0. The van der Waals surface area contributed by atoms with Crippen LogP contribution in [0.2, 0.25) is 0 Å². The number of Topliss-reactive ketones (excluding diaryl/α,β-unsaturated/α-hetero) is 1. The smallest absolute Gasteiger partial charge is 0.143 e. The number of benzene rings is 1. The van der Waals surface area contributed by atoms with E-state index in [9.17, 15) is 4.79 Å². The van der Waals surface area contributed by atoms with Gasteiger partial charge in [-0.05, 0) is 44.2 Å². The molecule has 0 amide bonds. The molecule has 1 aliphatic carbocycles. The molecule has 1 atom stereocenters. The molecule has 0 aliphatic heterocycles. The third-order valence-electron chi connectivity index (χ3n) is 4.27. The summed E-state index contributed by atoms with van der Waals surface area (Å²) in [5, 5.41) is 4.20. The van der Waals surface area contributed by atoms with Gasteiger partial charge in [-0.3, -0.25) is 4.79 Å². The zero-order valence-electron chi connectivity index (χ0n) is 12.6. The molecule has 1 aliphatic rings. The summed E-state index contributed by atoms with van der Waals surface area (Å²) in [6.45, 7) is 4.11. The van der Waals surface area contributed by atoms with Crippen LogP contribution < -0.4 is 0 Å². The van der Waals surface area contributed by atoms with Crippen LogP contribution in [0.15, 0.2) is 30.6 Å². The SMILES string of the molecule is CC(C)n1ncnc1CC(=O)C1CCc2ccccc2C1. The number of carbonyl (C=O) groups is 1. The number of rotatable bonds is 4. The van der Waals surface area contributed by atoms with Crippen LogP contribution in [0.4, 0.5) is 0 Å². The van der Waals surface area contributed by atoms with Gasteiger partial charge in [-0.15, -0.1) is 0 Å². The van der Waals surface area contributed by atoms with Crippen LogP contribution in [0.25, 0.3) is 0 Å². The monoisotopic (exact) mass is 283 g/mol. The lowest BCUT2D eigenvalue weighted by atomic mass is 9.81. The molecule has 0 saturated heterocycles. The first kappa shape index (κ1) is 14.0. The summed E-state index contributed by atoms with van der Waals surface area (Å²) >= 11 is 0. The van der Waals surface area contributed by atoms with Crippen molar-refractivity contribution in [2.75, 3.05) is 0 Å². The Bertz CT molecular complexity index is 645. The van der Waals surface area contributed by atoms with Crippen LogP contribution in [0.1, 0.15) is 43.3 Å². The van der Waals surface area contributed by atoms with Crippen molar-refractivity contribution in [3.05, 3.63) is 47.5 Å². The topological polar surface area (TPSA) is 47.8 Å². The summed E-state index contributed by atoms with van der Waals surface area (Å²) in [6.07, 6.45) is 4.75. The minimum Gasteiger partial charge on any atom is -0.299 e. The van der Waals surface area contributed by atoms with Crippen LogP contribution in [-0.4, -0.2) is 20.5 Å². The predicted octanol–water partition coefficient (Wildman–Crippen LogP) is 2.78. The second-order valence-corrected chi connectivity index (χ2v) is 6.07. The van der Waals surface area contributed by atoms with Crippen molar-refractivity contribution in [1.82, 2.24) is 14.8 Å². The molecule has 2 aromatic rings. The highest BCUT2D eigenvalue weighted by molar-refractivity contribution is 5.83. The molecule has 4 heteroatoms. The van der Waals surface area contributed by atoms with Crippen molar-refractivity contribution < 1.29 is 4.79 Å². The number of nitrogens with zero attached hydrogens (tertiary/aromatic N) is 3. The van der Waals surface area contributed by atoms with E-state index < -0.39 is 0 Å². The van der Waals surface area contributed by atoms with Crippen LogP contribution in [0.3, 0.4) is 0 Å². The summed E-state index contributed by atoms with van der Waals surface area (Å²) in [5.74, 6) is 1.20. The Morgan fingerprint density at radius 1 is 1.33 bits per heavy atom. The van der Waals surface area contributed by atoms with E-state index in [-0.39, 0.29) is 12.0 Å². The maximum atomic E-state index is 12.6. The quantitative estimate of drug-likeness (QED) is 0.867. The van der Waals surface area contributed by atoms with Gasteiger partial charge in [0.05, 0.1) is 6.42 Å². The molecule has 3 rings (SSSR count). The normalized spacial score (nSPS) is 17.8. The van der Waals surface area contributed by atoms with Gasteiger partial charge in [0.15, 0.2) is 0 Å². The van der Waals surface area contributed by atoms with Gasteiger partial charge in [0.2, 0.25) is 0 Å². The molecular formula is C17H21N3O. The van der Waals surface area contributed by atoms with Gasteiger partial charge in [0, 0.05) is 12.0 Å². The number of hydrogen-bond acceptors (Lipinski definition) is 3. The summed E-state index contributed by atoms with van der Waals surface area (Å²) in [4.78, 5) is 16.8. The van der Waals surface area contributed by atoms with Crippen molar-refractivity contribution in [1.29, 1.82) is 0 Å². The van der Waals surface area contributed by atoms with E-state index in [0.717, 1.165) is 25.1 Å². The van der Waals surface area contributed by atoms with Gasteiger partial charge in [-0.2, -0.15) is 5.10 Å². The van der Waals surface area contributed by atoms with E-state index in [0.29, 0.717) is 12.2 Å². The maximum absolute atomic E-state index is 12.6. The van der Waals surface area contributed by atoms with Gasteiger partial charge < -0.3 is 0 Å². The first-order valence-corrected chi connectivity index (χ1v) is 7.63. The maximum Gasteiger partial charge on any atom is 0.143 e. The van der Waals surface area contributed by atoms with Gasteiger partial charge >= 0.3 is 0 Å². The highest BCUT2D eigenvalue weighted by Crippen LogP contribution is 2.26. The Balaban J connectivity index is 1.71. The fourth-order valence-electron chi connectivity index (χ4n) is 3.10. The lowest BCUT2D eigenvalue weighted by molar-refractivity contribution is -0.122. The number of ketones is 1. The lowest BCUT2D eigenvalue weighted by Crippen LogP contribution is -2.25. The van der Waals surface area contributed by atoms with Crippen LogP contribution >= 0.6 is 0 Å². The van der Waals surface area contributed by atoms with Crippen molar-refractivity contribution in [2.24, 2.45) is 5.92 Å². The summed E-state index contributed by atoms with van der Waals surface area (Å²) in [5.41, 5.74) is 2.72. The number of fused-ring (bicyclic) bond motifs is 1. The second-order valence-electron chi connectivity index (χ2n) is 6.07. The minimum absolute atomic E-state index is 0.122. The van der Waals surface area contributed by atoms with Crippen LogP contribution in [0, 0.1) is 5.92 Å². The van der Waals surface area contributed by atoms with E-state index in [1.54, 1.807) is 6.33 Å². The van der Waals surface area contributed by atoms with Gasteiger partial charge in [-0.25, -0.2) is 9.67 Å². The molecule has 0 bridgehead atoms. The number of carbonyl (C=O) groups excluding carboxylic acids is 1. The fraction of sp³-hybridized carbons (Fsp3) is 0.471. The molecule has 1 unspecified atom stereocenters. The van der Waals surface area contributed by atoms with E-state index in [1.165, 1.54) is 11.1 Å². The Morgan fingerprint density at radius 3 is 2.86 bits per heavy atom. The fourth-order valence-corrected chi connectivity index (χ4v) is 3.10. The highest BCUT2D eigenvalue weighted by Gasteiger charge is 2.25. The largest absolute Gasteiger partial charge is 0.299 e. The van der Waals surface area contributed by atoms with Gasteiger partial charge in [0.25, 0.3) is 0 Å². The first-order chi connectivity index (χ1) is 10.1. The molecule has 0 N–H and O–H groups in total. The predicted molar refractivity (Wildman–Crippen MR) is 81.1 cm³/mol. The molecule has 4 nitrogen and oxygen atoms in total. The molecule has 0 saturated carbocycles. The molecule has 0 fully saturated rings. The molecular weight excluding hydrogens is 262 g/mol. The molecule has 21 heavy (non-hydrogen) atoms. The Labute approximate surface area is 125 Å². The minimum atomic E-state index is 0.122. The highest BCUT2D eigenvalue weighted by atomic mass is 16.1. The summed E-state index contributed by atoms with van der Waals surface area (Å²) in [6, 6.07) is 8.69. The molecule has 1 heterocycles. The van der Waals surface area contributed by atoms with Crippen molar-refractivity contribution in [3.63, 3.8) is 0 Å². The average Bonchev–Trinajstić information content (AvgIpc) is 2.95. The summed E-state index contributed by atoms with van der Waals surface area (Å²) < 4.78 is 1.84. The van der Waals surface area contributed by atoms with Crippen LogP contribution in [0.5, 0.6) is 0 Å². The van der Waals surface area contributed by atoms with E-state index in [4.69, 9.17) is 0 Å². The number of hydrogen-bond donors (Lipinski definition) is 0. The zero-order chi connectivity index (χ0) is 14.8. The molecule has 1 aromatic heterocycles. The Hall–Kier alpha value is -1.97. The van der Waals surface area contributed by atoms with E-state index in [1.807, 2.05) is 4.68 Å².